The van der Waals surface area contributed by atoms with Crippen molar-refractivity contribution in [1.29, 1.82) is 0 Å². The van der Waals surface area contributed by atoms with E-state index in [2.05, 4.69) is 25.8 Å². The normalized spacial score (nSPS) is 23.2. The van der Waals surface area contributed by atoms with Gasteiger partial charge in [0.2, 0.25) is 0 Å². The fourth-order valence-electron chi connectivity index (χ4n) is 5.62. The maximum atomic E-state index is 12.9. The maximum absolute atomic E-state index is 12.9. The van der Waals surface area contributed by atoms with E-state index in [1.54, 1.807) is 0 Å². The number of H-pyrrole nitrogens is 1. The van der Waals surface area contributed by atoms with Crippen LogP contribution >= 0.6 is 8.25 Å². The molecular weight excluding hydrogens is 631 g/mol. The molecule has 11 nitrogen and oxygen atoms in total. The first-order valence-electron chi connectivity index (χ1n) is 14.8. The molecule has 5 atom stereocenters. The molecule has 1 aliphatic rings. The molecule has 0 aliphatic carbocycles. The first-order chi connectivity index (χ1) is 20.9. The topological polar surface area (TPSA) is 152 Å². The molecule has 14 heteroatoms. The van der Waals surface area contributed by atoms with Gasteiger partial charge in [-0.25, -0.2) is 4.79 Å². The zero-order chi connectivity index (χ0) is 33.4. The number of rotatable bonds is 10. The van der Waals surface area contributed by atoms with Crippen molar-refractivity contribution >= 4 is 35.3 Å². The maximum Gasteiger partial charge on any atom is 0.491 e. The summed E-state index contributed by atoms with van der Waals surface area (Å²) in [5.41, 5.74) is -1.49. The van der Waals surface area contributed by atoms with E-state index in [9.17, 15) is 24.2 Å². The number of hydrogen-bond donors (Lipinski definition) is 2. The number of hydrogen-bond acceptors (Lipinski definition) is 9. The number of nitrogens with one attached hydrogen (secondary N) is 1. The summed E-state index contributed by atoms with van der Waals surface area (Å²) in [7, 11) is -9.68. The second-order valence-corrected chi connectivity index (χ2v) is 23.5. The van der Waals surface area contributed by atoms with Crippen molar-refractivity contribution in [3.05, 3.63) is 93.8 Å². The molecule has 0 amide bonds. The van der Waals surface area contributed by atoms with Gasteiger partial charge in [0.05, 0.1) is 6.61 Å². The summed E-state index contributed by atoms with van der Waals surface area (Å²) in [4.78, 5) is 39.2. The Labute approximate surface area is 266 Å². The van der Waals surface area contributed by atoms with Gasteiger partial charge in [-0.15, -0.1) is 4.52 Å². The smallest absolute Gasteiger partial charge is 0.491 e. The number of aliphatic hydroxyl groups excluding tert-OH is 1. The average molecular weight is 675 g/mol. The van der Waals surface area contributed by atoms with Crippen molar-refractivity contribution in [1.82, 2.24) is 9.55 Å². The van der Waals surface area contributed by atoms with Gasteiger partial charge >= 0.3 is 13.9 Å². The number of nitrogens with zero attached hydrogens (tertiary/aromatic N) is 1. The van der Waals surface area contributed by atoms with Crippen LogP contribution < -0.4 is 26.5 Å². The van der Waals surface area contributed by atoms with Gasteiger partial charge in [-0.3, -0.25) is 14.3 Å². The molecule has 244 valence electrons. The van der Waals surface area contributed by atoms with Crippen LogP contribution in [-0.4, -0.2) is 55.9 Å². The van der Waals surface area contributed by atoms with Crippen molar-refractivity contribution in [2.75, 3.05) is 6.61 Å². The largest absolute Gasteiger partial charge is 0.566 e. The van der Waals surface area contributed by atoms with Crippen LogP contribution in [0.5, 0.6) is 0 Å². The molecule has 0 spiro atoms. The minimum atomic E-state index is -3.58. The van der Waals surface area contributed by atoms with Gasteiger partial charge in [0.1, 0.15) is 6.10 Å². The first-order valence-corrected chi connectivity index (χ1v) is 20.7. The predicted octanol–water partition coefficient (Wildman–Crippen LogP) is 3.12. The summed E-state index contributed by atoms with van der Waals surface area (Å²) in [6.07, 6.45) is -3.42. The van der Waals surface area contributed by atoms with Gasteiger partial charge in [0, 0.05) is 12.3 Å². The molecule has 1 saturated heterocycles. The van der Waals surface area contributed by atoms with E-state index >= 15 is 0 Å². The zero-order valence-electron chi connectivity index (χ0n) is 27.0. The number of ether oxygens (including phenoxy) is 1. The Morgan fingerprint density at radius 2 is 1.49 bits per heavy atom. The molecule has 0 radical (unpaired) electrons. The molecule has 2 aromatic carbocycles. The van der Waals surface area contributed by atoms with E-state index in [0.29, 0.717) is 0 Å². The van der Waals surface area contributed by atoms with Crippen LogP contribution in [0.15, 0.2) is 82.5 Å². The lowest BCUT2D eigenvalue weighted by Crippen LogP contribution is -2.68. The molecule has 1 unspecified atom stereocenters. The quantitative estimate of drug-likeness (QED) is 0.188. The standard InChI is InChI=1S/C31H43N2O9PSi2/c1-29(2,3)44(7,8)42-31(41-43(37)38)24(40-27(26(31)35)33-20-19-25(34)32-28(33)36)21-39-45(30(4,5)6,22-15-11-9-12-16-22)23-17-13-10-14-18-23/h9-20,24,26-27,35H,21H2,1-8H3,(H,32,34,36)/t24-,26+,27-,31-/m1/s1. The first kappa shape index (κ1) is 35.3. The van der Waals surface area contributed by atoms with Gasteiger partial charge in [-0.1, -0.05) is 102 Å². The molecule has 1 fully saturated rings. The molecule has 0 saturated carbocycles. The Morgan fingerprint density at radius 1 is 0.956 bits per heavy atom. The predicted molar refractivity (Wildman–Crippen MR) is 175 cm³/mol. The van der Waals surface area contributed by atoms with Gasteiger partial charge in [0.25, 0.3) is 19.7 Å². The van der Waals surface area contributed by atoms with Crippen molar-refractivity contribution in [3.63, 3.8) is 0 Å². The van der Waals surface area contributed by atoms with Crippen LogP contribution in [0.25, 0.3) is 0 Å². The summed E-state index contributed by atoms with van der Waals surface area (Å²) < 4.78 is 39.0. The second-order valence-electron chi connectivity index (χ2n) is 13.9. The summed E-state index contributed by atoms with van der Waals surface area (Å²) in [5.74, 6) is -2.27. The third-order valence-corrected chi connectivity index (χ3v) is 18.7. The van der Waals surface area contributed by atoms with E-state index in [-0.39, 0.29) is 6.61 Å². The van der Waals surface area contributed by atoms with Crippen LogP contribution in [0, 0.1) is 0 Å². The second kappa shape index (κ2) is 12.9. The third-order valence-electron chi connectivity index (χ3n) is 8.87. The van der Waals surface area contributed by atoms with E-state index < -0.39 is 70.4 Å². The summed E-state index contributed by atoms with van der Waals surface area (Å²) >= 11 is 0. The Morgan fingerprint density at radius 3 is 1.93 bits per heavy atom. The van der Waals surface area contributed by atoms with Crippen molar-refractivity contribution < 1.29 is 32.7 Å². The van der Waals surface area contributed by atoms with Gasteiger partial charge < -0.3 is 23.6 Å². The summed E-state index contributed by atoms with van der Waals surface area (Å²) in [6.45, 7) is 15.7. The SMILES string of the molecule is CC(C)(C)[Si](C)(C)O[C@]1(O[P+](=O)[O-])[C@@H](CO[Si](c2ccccc2)(c2ccccc2)C(C)(C)C)O[C@@H](n2ccc(=O)[nH]c2=O)[C@@H]1O. The van der Waals surface area contributed by atoms with Crippen LogP contribution in [0.4, 0.5) is 0 Å². The Balaban J connectivity index is 1.91. The molecule has 2 heterocycles. The lowest BCUT2D eigenvalue weighted by Gasteiger charge is -2.46. The van der Waals surface area contributed by atoms with Gasteiger partial charge in [-0.2, -0.15) is 0 Å². The van der Waals surface area contributed by atoms with E-state index in [0.717, 1.165) is 21.0 Å². The minimum Gasteiger partial charge on any atom is -0.566 e. The Hall–Kier alpha value is -2.59. The highest BCUT2D eigenvalue weighted by Crippen LogP contribution is 2.50. The van der Waals surface area contributed by atoms with Crippen molar-refractivity contribution in [3.8, 4) is 0 Å². The molecule has 45 heavy (non-hydrogen) atoms. The third kappa shape index (κ3) is 6.78. The highest BCUT2D eigenvalue weighted by Gasteiger charge is 2.66. The highest BCUT2D eigenvalue weighted by atomic mass is 31.1. The average Bonchev–Trinajstić information content (AvgIpc) is 3.18. The van der Waals surface area contributed by atoms with Crippen molar-refractivity contribution in [2.24, 2.45) is 0 Å². The van der Waals surface area contributed by atoms with Crippen LogP contribution in [0.1, 0.15) is 47.8 Å². The Bertz CT molecular complexity index is 1560. The van der Waals surface area contributed by atoms with Crippen LogP contribution in [0.2, 0.25) is 23.2 Å². The zero-order valence-corrected chi connectivity index (χ0v) is 29.9. The summed E-state index contributed by atoms with van der Waals surface area (Å²) in [6, 6.07) is 20.8. The van der Waals surface area contributed by atoms with E-state index in [1.165, 1.54) is 6.20 Å². The lowest BCUT2D eigenvalue weighted by molar-refractivity contribution is -0.251. The number of benzene rings is 2. The van der Waals surface area contributed by atoms with Crippen LogP contribution in [0.3, 0.4) is 0 Å². The highest BCUT2D eigenvalue weighted by molar-refractivity contribution is 7.30. The molecule has 4 rings (SSSR count). The fourth-order valence-corrected chi connectivity index (χ4v) is 12.1. The molecular formula is C31H43N2O9PSi2. The fraction of sp³-hybridized carbons (Fsp3) is 0.484. The molecule has 3 aromatic rings. The van der Waals surface area contributed by atoms with Gasteiger partial charge in [0.15, 0.2) is 20.6 Å². The molecule has 1 aliphatic heterocycles. The van der Waals surface area contributed by atoms with E-state index in [4.69, 9.17) is 18.1 Å². The molecule has 2 N–H and O–H groups in total. The van der Waals surface area contributed by atoms with E-state index in [1.807, 2.05) is 94.5 Å². The summed E-state index contributed by atoms with van der Waals surface area (Å²) in [5, 5.41) is 13.0. The monoisotopic (exact) mass is 674 g/mol. The minimum absolute atomic E-state index is 0.253. The molecule has 0 bridgehead atoms. The number of aliphatic hydroxyl groups is 1. The number of aromatic amines is 1. The molecule has 1 aromatic heterocycles. The Kier molecular flexibility index (Phi) is 10.1. The number of aromatic nitrogens is 2. The lowest BCUT2D eigenvalue weighted by atomic mass is 10.1. The van der Waals surface area contributed by atoms with Gasteiger partial charge in [-0.05, 0) is 38.1 Å². The van der Waals surface area contributed by atoms with Crippen LogP contribution in [-0.2, 0) is 22.7 Å². The van der Waals surface area contributed by atoms with Crippen molar-refractivity contribution in [2.45, 2.75) is 88.9 Å².